The lowest BCUT2D eigenvalue weighted by Crippen LogP contribution is -2.40. The summed E-state index contributed by atoms with van der Waals surface area (Å²) in [5.41, 5.74) is 0.376. The van der Waals surface area contributed by atoms with Crippen molar-refractivity contribution in [1.82, 2.24) is 10.6 Å². The lowest BCUT2D eigenvalue weighted by molar-refractivity contribution is -0.125. The van der Waals surface area contributed by atoms with Gasteiger partial charge in [0.05, 0.1) is 5.92 Å². The van der Waals surface area contributed by atoms with Gasteiger partial charge in [-0.05, 0) is 48.6 Å². The summed E-state index contributed by atoms with van der Waals surface area (Å²) < 4.78 is 27.4. The van der Waals surface area contributed by atoms with Crippen molar-refractivity contribution in [3.8, 4) is 0 Å². The molecule has 0 spiro atoms. The summed E-state index contributed by atoms with van der Waals surface area (Å²) in [7, 11) is 0. The zero-order valence-electron chi connectivity index (χ0n) is 14.8. The van der Waals surface area contributed by atoms with Gasteiger partial charge in [0.1, 0.15) is 11.6 Å². The molecule has 1 aliphatic heterocycles. The topological polar surface area (TPSA) is 61.4 Å². The Morgan fingerprint density at radius 1 is 1.35 bits per heavy atom. The van der Waals surface area contributed by atoms with Crippen molar-refractivity contribution in [2.75, 3.05) is 19.7 Å². The number of rotatable bonds is 4. The normalized spacial score (nSPS) is 36.3. The van der Waals surface area contributed by atoms with Crippen LogP contribution in [0.5, 0.6) is 0 Å². The quantitative estimate of drug-likeness (QED) is 0.768. The van der Waals surface area contributed by atoms with E-state index in [0.717, 1.165) is 38.2 Å². The van der Waals surface area contributed by atoms with Crippen LogP contribution in [0.25, 0.3) is 0 Å². The number of hydrogen-bond donors (Lipinski definition) is 3. The van der Waals surface area contributed by atoms with E-state index in [2.05, 4.69) is 10.6 Å². The molecule has 1 aromatic rings. The summed E-state index contributed by atoms with van der Waals surface area (Å²) in [4.78, 5) is 12.9. The average Bonchev–Trinajstić information content (AvgIpc) is 3.28. The summed E-state index contributed by atoms with van der Waals surface area (Å²) >= 11 is 0. The molecule has 0 radical (unpaired) electrons. The van der Waals surface area contributed by atoms with E-state index in [1.165, 1.54) is 12.1 Å². The maximum Gasteiger partial charge on any atom is 0.225 e. The summed E-state index contributed by atoms with van der Waals surface area (Å²) in [5, 5.41) is 16.2. The fourth-order valence-electron chi connectivity index (χ4n) is 5.54. The van der Waals surface area contributed by atoms with Crippen molar-refractivity contribution in [2.24, 2.45) is 17.3 Å². The maximum absolute atomic E-state index is 14.2. The van der Waals surface area contributed by atoms with Crippen LogP contribution in [0.1, 0.15) is 43.6 Å². The van der Waals surface area contributed by atoms with E-state index < -0.39 is 11.6 Å². The van der Waals surface area contributed by atoms with Gasteiger partial charge in [0.25, 0.3) is 0 Å². The zero-order chi connectivity index (χ0) is 18.3. The van der Waals surface area contributed by atoms with E-state index >= 15 is 0 Å². The second kappa shape index (κ2) is 6.89. The lowest BCUT2D eigenvalue weighted by atomic mass is 9.81. The number of carbonyl (C=O) groups is 1. The average molecular weight is 364 g/mol. The molecule has 3 aliphatic rings. The zero-order valence-corrected chi connectivity index (χ0v) is 14.8. The molecule has 1 amide bonds. The second-order valence-electron chi connectivity index (χ2n) is 8.29. The van der Waals surface area contributed by atoms with E-state index in [9.17, 15) is 18.7 Å². The van der Waals surface area contributed by atoms with E-state index in [1.807, 2.05) is 0 Å². The number of carbonyl (C=O) groups excluding carboxylic acids is 1. The molecular weight excluding hydrogens is 338 g/mol. The van der Waals surface area contributed by atoms with Gasteiger partial charge in [-0.2, -0.15) is 0 Å². The first-order valence-electron chi connectivity index (χ1n) is 9.59. The van der Waals surface area contributed by atoms with Gasteiger partial charge in [0.15, 0.2) is 0 Å². The van der Waals surface area contributed by atoms with Crippen molar-refractivity contribution in [3.63, 3.8) is 0 Å². The van der Waals surface area contributed by atoms with E-state index in [1.54, 1.807) is 0 Å². The molecule has 5 atom stereocenters. The number of halogens is 2. The summed E-state index contributed by atoms with van der Waals surface area (Å²) in [6, 6.07) is 3.66. The lowest BCUT2D eigenvalue weighted by Gasteiger charge is -2.27. The van der Waals surface area contributed by atoms with Gasteiger partial charge in [0, 0.05) is 37.7 Å². The van der Waals surface area contributed by atoms with Gasteiger partial charge >= 0.3 is 0 Å². The molecule has 1 saturated heterocycles. The Labute approximate surface area is 152 Å². The van der Waals surface area contributed by atoms with Crippen LogP contribution in [0, 0.1) is 28.9 Å². The van der Waals surface area contributed by atoms with Gasteiger partial charge < -0.3 is 15.7 Å². The minimum absolute atomic E-state index is 0.0195. The third-order valence-corrected chi connectivity index (χ3v) is 6.89. The van der Waals surface area contributed by atoms with Crippen LogP contribution >= 0.6 is 0 Å². The predicted octanol–water partition coefficient (Wildman–Crippen LogP) is 2.33. The Morgan fingerprint density at radius 3 is 2.92 bits per heavy atom. The Kier molecular flexibility index (Phi) is 4.73. The van der Waals surface area contributed by atoms with E-state index in [0.29, 0.717) is 24.6 Å². The molecule has 0 aromatic heterocycles. The monoisotopic (exact) mass is 364 g/mol. The number of amides is 1. The highest BCUT2D eigenvalue weighted by Gasteiger charge is 2.50. The molecule has 2 saturated carbocycles. The minimum Gasteiger partial charge on any atom is -0.396 e. The highest BCUT2D eigenvalue weighted by atomic mass is 19.1. The fourth-order valence-corrected chi connectivity index (χ4v) is 5.54. The van der Waals surface area contributed by atoms with Crippen LogP contribution in [0.3, 0.4) is 0 Å². The summed E-state index contributed by atoms with van der Waals surface area (Å²) in [5.74, 6) is -1.42. The maximum atomic E-state index is 14.2. The van der Waals surface area contributed by atoms with Gasteiger partial charge in [-0.3, -0.25) is 4.79 Å². The third-order valence-electron chi connectivity index (χ3n) is 6.89. The molecule has 3 N–H and O–H groups in total. The van der Waals surface area contributed by atoms with Crippen LogP contribution in [-0.4, -0.2) is 36.8 Å². The summed E-state index contributed by atoms with van der Waals surface area (Å²) in [6.45, 7) is 1.20. The number of hydrogen-bond acceptors (Lipinski definition) is 3. The van der Waals surface area contributed by atoms with E-state index in [4.69, 9.17) is 0 Å². The van der Waals surface area contributed by atoms with Crippen LogP contribution in [0.2, 0.25) is 0 Å². The van der Waals surface area contributed by atoms with Crippen LogP contribution in [0.15, 0.2) is 18.2 Å². The van der Waals surface area contributed by atoms with Gasteiger partial charge in [-0.15, -0.1) is 0 Å². The van der Waals surface area contributed by atoms with Crippen LogP contribution in [-0.2, 0) is 4.79 Å². The number of nitrogens with one attached hydrogen (secondary N) is 2. The first kappa shape index (κ1) is 17.9. The minimum atomic E-state index is -0.606. The molecule has 3 fully saturated rings. The molecule has 2 aliphatic carbocycles. The Bertz CT molecular complexity index is 698. The predicted molar refractivity (Wildman–Crippen MR) is 93.5 cm³/mol. The van der Waals surface area contributed by atoms with Crippen molar-refractivity contribution < 1.29 is 18.7 Å². The first-order chi connectivity index (χ1) is 12.5. The molecule has 1 aromatic carbocycles. The molecule has 26 heavy (non-hydrogen) atoms. The largest absolute Gasteiger partial charge is 0.396 e. The second-order valence-corrected chi connectivity index (χ2v) is 8.29. The highest BCUT2D eigenvalue weighted by molar-refractivity contribution is 5.81. The molecule has 0 unspecified atom stereocenters. The van der Waals surface area contributed by atoms with Crippen molar-refractivity contribution in [2.45, 2.75) is 44.1 Å². The number of benzene rings is 1. The van der Waals surface area contributed by atoms with E-state index in [-0.39, 0.29) is 35.8 Å². The van der Waals surface area contributed by atoms with Crippen molar-refractivity contribution in [3.05, 3.63) is 35.4 Å². The van der Waals surface area contributed by atoms with Gasteiger partial charge in [0.2, 0.25) is 5.91 Å². The molecule has 6 heteroatoms. The molecule has 0 bridgehead atoms. The molecule has 4 nitrogen and oxygen atoms in total. The Balaban J connectivity index is 1.44. The fraction of sp³-hybridized carbons (Fsp3) is 0.650. The molecule has 142 valence electrons. The molecular formula is C20H26F2N2O2. The standard InChI is InChI=1S/C20H26F2N2O2/c21-13-3-4-15(18(22)7-13)16-9-23-10-17(16)19(26)24-14-6-12-2-1-5-20(12,8-14)11-25/h3-4,7,12,14,16-17,23,25H,1-2,5-6,8-11H2,(H,24,26)/t12-,14+,16-,17+,20+/m0/s1. The Morgan fingerprint density at radius 2 is 2.19 bits per heavy atom. The number of aliphatic hydroxyl groups is 1. The molecule has 1 heterocycles. The van der Waals surface area contributed by atoms with Gasteiger partial charge in [-0.1, -0.05) is 12.5 Å². The number of aliphatic hydroxyl groups excluding tert-OH is 1. The smallest absolute Gasteiger partial charge is 0.225 e. The highest BCUT2D eigenvalue weighted by Crippen LogP contribution is 2.53. The van der Waals surface area contributed by atoms with Crippen LogP contribution < -0.4 is 10.6 Å². The van der Waals surface area contributed by atoms with Crippen molar-refractivity contribution in [1.29, 1.82) is 0 Å². The Hall–Kier alpha value is -1.53. The third kappa shape index (κ3) is 3.03. The molecule has 4 rings (SSSR count). The van der Waals surface area contributed by atoms with Gasteiger partial charge in [-0.25, -0.2) is 8.78 Å². The van der Waals surface area contributed by atoms with Crippen LogP contribution in [0.4, 0.5) is 8.78 Å². The SMILES string of the molecule is O=C(N[C@@H]1C[C@@H]2CCC[C@]2(CO)C1)[C@@H]1CNC[C@H]1c1ccc(F)cc1F. The first-order valence-corrected chi connectivity index (χ1v) is 9.59. The summed E-state index contributed by atoms with van der Waals surface area (Å²) in [6.07, 6.45) is 5.07. The number of fused-ring (bicyclic) bond motifs is 1. The van der Waals surface area contributed by atoms with Crippen molar-refractivity contribution >= 4 is 5.91 Å².